The van der Waals surface area contributed by atoms with E-state index in [1.54, 1.807) is 18.2 Å². The molecule has 0 fully saturated rings. The zero-order valence-corrected chi connectivity index (χ0v) is 8.72. The van der Waals surface area contributed by atoms with Crippen LogP contribution < -0.4 is 9.64 Å². The van der Waals surface area contributed by atoms with Crippen LogP contribution in [0.4, 0.5) is 5.69 Å². The summed E-state index contributed by atoms with van der Waals surface area (Å²) in [6.07, 6.45) is 0. The van der Waals surface area contributed by atoms with Crippen LogP contribution >= 0.6 is 0 Å². The van der Waals surface area contributed by atoms with Gasteiger partial charge in [0, 0.05) is 6.54 Å². The van der Waals surface area contributed by atoms with Crippen LogP contribution in [0, 0.1) is 0 Å². The number of carbonyl (C=O) groups excluding carboxylic acids is 1. The molecule has 1 aliphatic rings. The van der Waals surface area contributed by atoms with Crippen LogP contribution in [0.15, 0.2) is 18.2 Å². The molecule has 1 aliphatic heterocycles. The predicted octanol–water partition coefficient (Wildman–Crippen LogP) is -0.103. The highest BCUT2D eigenvalue weighted by molar-refractivity contribution is 5.97. The number of anilines is 1. The molecule has 0 spiro atoms. The summed E-state index contributed by atoms with van der Waals surface area (Å²) in [7, 11) is 0. The fourth-order valence-corrected chi connectivity index (χ4v) is 1.69. The van der Waals surface area contributed by atoms with Crippen molar-refractivity contribution in [3.63, 3.8) is 0 Å². The number of aliphatic hydroxyl groups is 2. The van der Waals surface area contributed by atoms with Gasteiger partial charge >= 0.3 is 0 Å². The highest BCUT2D eigenvalue weighted by atomic mass is 16.5. The Labute approximate surface area is 92.9 Å². The molecule has 0 unspecified atom stereocenters. The van der Waals surface area contributed by atoms with E-state index in [4.69, 9.17) is 14.9 Å². The monoisotopic (exact) mass is 223 g/mol. The molecule has 2 rings (SSSR count). The Kier molecular flexibility index (Phi) is 3.07. The largest absolute Gasteiger partial charge is 0.482 e. The molecule has 0 saturated carbocycles. The van der Waals surface area contributed by atoms with Gasteiger partial charge in [-0.2, -0.15) is 0 Å². The maximum atomic E-state index is 11.6. The van der Waals surface area contributed by atoms with Gasteiger partial charge in [-0.05, 0) is 17.7 Å². The standard InChI is InChI=1S/C11H13NO4/c13-4-3-12-9-5-8(6-14)1-2-10(9)16-7-11(12)15/h1-2,5,13-14H,3-4,6-7H2. The van der Waals surface area contributed by atoms with Crippen LogP contribution in [0.5, 0.6) is 5.75 Å². The summed E-state index contributed by atoms with van der Waals surface area (Å²) < 4.78 is 5.26. The SMILES string of the molecule is O=C1COc2ccc(CO)cc2N1CCO. The van der Waals surface area contributed by atoms with Crippen molar-refractivity contribution in [1.82, 2.24) is 0 Å². The second-order valence-corrected chi connectivity index (χ2v) is 3.52. The number of ether oxygens (including phenoxy) is 1. The normalized spacial score (nSPS) is 14.6. The van der Waals surface area contributed by atoms with Crippen LogP contribution in [0.3, 0.4) is 0 Å². The van der Waals surface area contributed by atoms with E-state index >= 15 is 0 Å². The minimum absolute atomic E-state index is 0.00846. The van der Waals surface area contributed by atoms with E-state index in [0.29, 0.717) is 17.0 Å². The van der Waals surface area contributed by atoms with Crippen LogP contribution in [-0.4, -0.2) is 35.9 Å². The molecule has 0 bridgehead atoms. The Morgan fingerprint density at radius 2 is 2.19 bits per heavy atom. The summed E-state index contributed by atoms with van der Waals surface area (Å²) in [6, 6.07) is 5.16. The number of benzene rings is 1. The number of hydrogen-bond acceptors (Lipinski definition) is 4. The van der Waals surface area contributed by atoms with E-state index in [1.807, 2.05) is 0 Å². The first-order valence-electron chi connectivity index (χ1n) is 5.04. The molecule has 86 valence electrons. The summed E-state index contributed by atoms with van der Waals surface area (Å²) in [5.74, 6) is 0.418. The quantitative estimate of drug-likeness (QED) is 0.750. The Morgan fingerprint density at radius 3 is 2.88 bits per heavy atom. The summed E-state index contributed by atoms with van der Waals surface area (Å²) in [5, 5.41) is 17.9. The number of aliphatic hydroxyl groups excluding tert-OH is 2. The van der Waals surface area contributed by atoms with Crippen molar-refractivity contribution in [3.05, 3.63) is 23.8 Å². The molecule has 0 aromatic heterocycles. The van der Waals surface area contributed by atoms with Crippen molar-refractivity contribution in [2.24, 2.45) is 0 Å². The van der Waals surface area contributed by atoms with E-state index in [2.05, 4.69) is 0 Å². The number of nitrogens with zero attached hydrogens (tertiary/aromatic N) is 1. The summed E-state index contributed by atoms with van der Waals surface area (Å²) in [4.78, 5) is 13.0. The fourth-order valence-electron chi connectivity index (χ4n) is 1.69. The summed E-state index contributed by atoms with van der Waals surface area (Å²) in [5.41, 5.74) is 1.32. The lowest BCUT2D eigenvalue weighted by Gasteiger charge is -2.29. The molecular formula is C11H13NO4. The molecule has 0 radical (unpaired) electrons. The molecule has 2 N–H and O–H groups in total. The minimum Gasteiger partial charge on any atom is -0.482 e. The average Bonchev–Trinajstić information content (AvgIpc) is 2.32. The van der Waals surface area contributed by atoms with Crippen LogP contribution in [0.2, 0.25) is 0 Å². The van der Waals surface area contributed by atoms with E-state index in [1.165, 1.54) is 4.90 Å². The van der Waals surface area contributed by atoms with Crippen molar-refractivity contribution in [3.8, 4) is 5.75 Å². The van der Waals surface area contributed by atoms with Gasteiger partial charge in [0.05, 0.1) is 18.9 Å². The zero-order chi connectivity index (χ0) is 11.5. The highest BCUT2D eigenvalue weighted by Gasteiger charge is 2.24. The van der Waals surface area contributed by atoms with Gasteiger partial charge in [-0.15, -0.1) is 0 Å². The Balaban J connectivity index is 2.39. The molecule has 0 aliphatic carbocycles. The van der Waals surface area contributed by atoms with Crippen molar-refractivity contribution in [2.45, 2.75) is 6.61 Å². The first-order chi connectivity index (χ1) is 7.76. The third-order valence-corrected chi connectivity index (χ3v) is 2.47. The molecular weight excluding hydrogens is 210 g/mol. The predicted molar refractivity (Wildman–Crippen MR) is 57.3 cm³/mol. The number of amides is 1. The number of rotatable bonds is 3. The lowest BCUT2D eigenvalue weighted by Crippen LogP contribution is -2.40. The Bertz CT molecular complexity index is 405. The number of fused-ring (bicyclic) bond motifs is 1. The van der Waals surface area contributed by atoms with Crippen molar-refractivity contribution >= 4 is 11.6 Å². The van der Waals surface area contributed by atoms with Gasteiger partial charge < -0.3 is 19.8 Å². The number of hydrogen-bond donors (Lipinski definition) is 2. The molecule has 5 nitrogen and oxygen atoms in total. The maximum absolute atomic E-state index is 11.6. The van der Waals surface area contributed by atoms with Gasteiger partial charge in [0.25, 0.3) is 5.91 Å². The van der Waals surface area contributed by atoms with Crippen molar-refractivity contribution in [1.29, 1.82) is 0 Å². The van der Waals surface area contributed by atoms with E-state index < -0.39 is 0 Å². The zero-order valence-electron chi connectivity index (χ0n) is 8.72. The Hall–Kier alpha value is -1.59. The van der Waals surface area contributed by atoms with Crippen LogP contribution in [-0.2, 0) is 11.4 Å². The molecule has 1 amide bonds. The van der Waals surface area contributed by atoms with Crippen molar-refractivity contribution < 1.29 is 19.7 Å². The second-order valence-electron chi connectivity index (χ2n) is 3.52. The fraction of sp³-hybridized carbons (Fsp3) is 0.364. The molecule has 1 aromatic rings. The smallest absolute Gasteiger partial charge is 0.265 e. The average molecular weight is 223 g/mol. The molecule has 1 aromatic carbocycles. The van der Waals surface area contributed by atoms with Crippen LogP contribution in [0.25, 0.3) is 0 Å². The van der Waals surface area contributed by atoms with E-state index in [0.717, 1.165) is 0 Å². The first-order valence-corrected chi connectivity index (χ1v) is 5.04. The molecule has 0 atom stereocenters. The van der Waals surface area contributed by atoms with Gasteiger partial charge in [-0.1, -0.05) is 6.07 Å². The third kappa shape index (κ3) is 1.87. The topological polar surface area (TPSA) is 70.0 Å². The summed E-state index contributed by atoms with van der Waals surface area (Å²) >= 11 is 0. The van der Waals surface area contributed by atoms with Gasteiger partial charge in [0.2, 0.25) is 0 Å². The summed E-state index contributed by atoms with van der Waals surface area (Å²) in [6.45, 7) is 0.0402. The highest BCUT2D eigenvalue weighted by Crippen LogP contribution is 2.32. The molecule has 16 heavy (non-hydrogen) atoms. The molecule has 1 heterocycles. The van der Waals surface area contributed by atoms with Crippen molar-refractivity contribution in [2.75, 3.05) is 24.7 Å². The third-order valence-electron chi connectivity index (χ3n) is 2.47. The van der Waals surface area contributed by atoms with E-state index in [-0.39, 0.29) is 32.3 Å². The lowest BCUT2D eigenvalue weighted by molar-refractivity contribution is -0.121. The number of β-amino-alcohol motifs (C(OH)–C–C–N with tert-alkyl or cyclic N) is 1. The van der Waals surface area contributed by atoms with Gasteiger partial charge in [-0.25, -0.2) is 0 Å². The number of carbonyl (C=O) groups is 1. The second kappa shape index (κ2) is 4.51. The molecule has 0 saturated heterocycles. The lowest BCUT2D eigenvalue weighted by atomic mass is 10.1. The van der Waals surface area contributed by atoms with Gasteiger partial charge in [-0.3, -0.25) is 4.79 Å². The van der Waals surface area contributed by atoms with Gasteiger partial charge in [0.1, 0.15) is 5.75 Å². The maximum Gasteiger partial charge on any atom is 0.265 e. The minimum atomic E-state index is -0.184. The molecule has 5 heteroatoms. The Morgan fingerprint density at radius 1 is 1.38 bits per heavy atom. The van der Waals surface area contributed by atoms with Gasteiger partial charge in [0.15, 0.2) is 6.61 Å². The van der Waals surface area contributed by atoms with E-state index in [9.17, 15) is 4.79 Å². The first kappa shape index (κ1) is 10.9. The van der Waals surface area contributed by atoms with Crippen LogP contribution in [0.1, 0.15) is 5.56 Å².